The molecule has 0 fully saturated rings. The predicted octanol–water partition coefficient (Wildman–Crippen LogP) is -0.626. The van der Waals surface area contributed by atoms with E-state index in [1.165, 1.54) is 6.20 Å². The van der Waals surface area contributed by atoms with Crippen molar-refractivity contribution in [1.29, 1.82) is 0 Å². The molecule has 1 aromatic heterocycles. The Kier molecular flexibility index (Phi) is 4.97. The predicted molar refractivity (Wildman–Crippen MR) is 58.8 cm³/mol. The molecule has 1 rings (SSSR count). The van der Waals surface area contributed by atoms with Crippen molar-refractivity contribution >= 4 is 7.60 Å². The van der Waals surface area contributed by atoms with Gasteiger partial charge in [0.05, 0.1) is 6.61 Å². The standard InChI is InChI=1S/C8H12FN2O6P/c9-7(18(14,15)16)17-5-1-3-11-4-2-6(12)10-8(11)13/h2,4,7H,1,3,5H2,(H,10,12,13)(H2,14,15,16). The van der Waals surface area contributed by atoms with Crippen LogP contribution in [-0.4, -0.2) is 32.0 Å². The van der Waals surface area contributed by atoms with E-state index in [0.717, 1.165) is 10.6 Å². The maximum absolute atomic E-state index is 12.7. The number of halogens is 1. The van der Waals surface area contributed by atoms with Gasteiger partial charge in [0.2, 0.25) is 0 Å². The molecule has 3 N–H and O–H groups in total. The zero-order chi connectivity index (χ0) is 13.8. The molecule has 0 aliphatic carbocycles. The molecule has 0 aromatic carbocycles. The van der Waals surface area contributed by atoms with Gasteiger partial charge in [0.15, 0.2) is 0 Å². The molecule has 0 aliphatic rings. The first-order chi connectivity index (χ1) is 8.30. The molecule has 0 bridgehead atoms. The summed E-state index contributed by atoms with van der Waals surface area (Å²) in [5, 5.41) is 0. The quantitative estimate of drug-likeness (QED) is 0.472. The molecule has 0 radical (unpaired) electrons. The van der Waals surface area contributed by atoms with Crippen LogP contribution in [0.2, 0.25) is 0 Å². The lowest BCUT2D eigenvalue weighted by atomic mass is 10.4. The molecule has 1 heterocycles. The fourth-order valence-corrected chi connectivity index (χ4v) is 1.43. The van der Waals surface area contributed by atoms with Crippen LogP contribution < -0.4 is 11.2 Å². The molecule has 8 nitrogen and oxygen atoms in total. The molecule has 1 aromatic rings. The molecule has 102 valence electrons. The fourth-order valence-electron chi connectivity index (χ4n) is 1.13. The SMILES string of the molecule is O=c1ccn(CCCOC(F)P(=O)(O)O)c(=O)[nH]1. The fraction of sp³-hybridized carbons (Fsp3) is 0.500. The van der Waals surface area contributed by atoms with E-state index in [-0.39, 0.29) is 19.6 Å². The first-order valence-electron chi connectivity index (χ1n) is 4.91. The van der Waals surface area contributed by atoms with E-state index in [0.29, 0.717) is 0 Å². The van der Waals surface area contributed by atoms with Crippen LogP contribution >= 0.6 is 7.60 Å². The van der Waals surface area contributed by atoms with Crippen molar-refractivity contribution < 1.29 is 23.5 Å². The van der Waals surface area contributed by atoms with E-state index in [2.05, 4.69) is 4.74 Å². The summed E-state index contributed by atoms with van der Waals surface area (Å²) in [5.74, 6) is 0. The van der Waals surface area contributed by atoms with E-state index in [9.17, 15) is 18.5 Å². The van der Waals surface area contributed by atoms with Crippen molar-refractivity contribution in [1.82, 2.24) is 9.55 Å². The largest absolute Gasteiger partial charge is 0.386 e. The number of rotatable bonds is 6. The van der Waals surface area contributed by atoms with Crippen molar-refractivity contribution in [3.05, 3.63) is 33.1 Å². The van der Waals surface area contributed by atoms with E-state index in [4.69, 9.17) is 9.79 Å². The number of nitrogens with zero attached hydrogens (tertiary/aromatic N) is 1. The number of nitrogens with one attached hydrogen (secondary N) is 1. The van der Waals surface area contributed by atoms with Crippen molar-refractivity contribution in [2.75, 3.05) is 6.61 Å². The topological polar surface area (TPSA) is 122 Å². The van der Waals surface area contributed by atoms with Crippen molar-refractivity contribution in [2.45, 2.75) is 19.1 Å². The van der Waals surface area contributed by atoms with Crippen LogP contribution in [0, 0.1) is 0 Å². The molecule has 0 amide bonds. The lowest BCUT2D eigenvalue weighted by molar-refractivity contribution is 0.000811. The number of aromatic amines is 1. The third-order valence-electron chi connectivity index (χ3n) is 1.96. The smallest absolute Gasteiger partial charge is 0.339 e. The van der Waals surface area contributed by atoms with Gasteiger partial charge in [-0.25, -0.2) is 9.18 Å². The second-order valence-corrected chi connectivity index (χ2v) is 4.99. The van der Waals surface area contributed by atoms with Crippen LogP contribution in [-0.2, 0) is 15.8 Å². The minimum atomic E-state index is -4.89. The molecule has 1 atom stereocenters. The summed E-state index contributed by atoms with van der Waals surface area (Å²) in [6.07, 6.45) is -1.24. The summed E-state index contributed by atoms with van der Waals surface area (Å²) < 4.78 is 28.5. The van der Waals surface area contributed by atoms with Crippen LogP contribution in [0.15, 0.2) is 21.9 Å². The molecule has 1 unspecified atom stereocenters. The molecular weight excluding hydrogens is 270 g/mol. The zero-order valence-corrected chi connectivity index (χ0v) is 10.0. The van der Waals surface area contributed by atoms with E-state index in [1.54, 1.807) is 0 Å². The maximum atomic E-state index is 12.7. The number of H-pyrrole nitrogens is 1. The highest BCUT2D eigenvalue weighted by atomic mass is 31.2. The lowest BCUT2D eigenvalue weighted by Gasteiger charge is -2.11. The van der Waals surface area contributed by atoms with Crippen LogP contribution in [0.1, 0.15) is 6.42 Å². The number of hydrogen-bond acceptors (Lipinski definition) is 4. The Labute approximate surface area is 100 Å². The monoisotopic (exact) mass is 282 g/mol. The summed E-state index contributed by atoms with van der Waals surface area (Å²) in [6.45, 7) is -0.138. The van der Waals surface area contributed by atoms with Crippen LogP contribution in [0.3, 0.4) is 0 Å². The normalized spacial score (nSPS) is 13.5. The third-order valence-corrected chi connectivity index (χ3v) is 2.64. The third kappa shape index (κ3) is 4.53. The highest BCUT2D eigenvalue weighted by molar-refractivity contribution is 7.52. The van der Waals surface area contributed by atoms with Crippen LogP contribution in [0.25, 0.3) is 0 Å². The maximum Gasteiger partial charge on any atom is 0.386 e. The Balaban J connectivity index is 2.41. The summed E-state index contributed by atoms with van der Waals surface area (Å²) in [6, 6.07) is 1.15. The second kappa shape index (κ2) is 6.05. The van der Waals surface area contributed by atoms with Gasteiger partial charge in [-0.2, -0.15) is 0 Å². The molecule has 0 aliphatic heterocycles. The van der Waals surface area contributed by atoms with E-state index in [1.807, 2.05) is 4.98 Å². The Bertz CT molecular complexity index is 549. The van der Waals surface area contributed by atoms with Gasteiger partial charge in [-0.3, -0.25) is 14.3 Å². The van der Waals surface area contributed by atoms with Crippen molar-refractivity contribution in [2.24, 2.45) is 0 Å². The Hall–Kier alpha value is -1.28. The first-order valence-corrected chi connectivity index (χ1v) is 6.59. The molecule has 10 heteroatoms. The number of aryl methyl sites for hydroxylation is 1. The summed E-state index contributed by atoms with van der Waals surface area (Å²) in [7, 11) is -4.89. The lowest BCUT2D eigenvalue weighted by Crippen LogP contribution is -2.29. The average Bonchev–Trinajstić information content (AvgIpc) is 2.25. The van der Waals surface area contributed by atoms with Gasteiger partial charge in [0.1, 0.15) is 0 Å². The van der Waals surface area contributed by atoms with Gasteiger partial charge in [0, 0.05) is 18.8 Å². The second-order valence-electron chi connectivity index (χ2n) is 3.41. The summed E-state index contributed by atoms with van der Waals surface area (Å²) in [4.78, 5) is 40.7. The van der Waals surface area contributed by atoms with Gasteiger partial charge in [-0.15, -0.1) is 0 Å². The molecular formula is C8H12FN2O6P. The van der Waals surface area contributed by atoms with Gasteiger partial charge in [-0.1, -0.05) is 0 Å². The van der Waals surface area contributed by atoms with Gasteiger partial charge in [-0.05, 0) is 6.42 Å². The van der Waals surface area contributed by atoms with Gasteiger partial charge in [0.25, 0.3) is 5.56 Å². The van der Waals surface area contributed by atoms with Crippen LogP contribution in [0.4, 0.5) is 4.39 Å². The van der Waals surface area contributed by atoms with Gasteiger partial charge < -0.3 is 19.1 Å². The molecule has 0 spiro atoms. The first kappa shape index (κ1) is 14.8. The molecule has 18 heavy (non-hydrogen) atoms. The van der Waals surface area contributed by atoms with Crippen molar-refractivity contribution in [3.63, 3.8) is 0 Å². The Morgan fingerprint density at radius 2 is 2.17 bits per heavy atom. The van der Waals surface area contributed by atoms with E-state index < -0.39 is 24.9 Å². The van der Waals surface area contributed by atoms with Crippen LogP contribution in [0.5, 0.6) is 0 Å². The van der Waals surface area contributed by atoms with E-state index >= 15 is 0 Å². The van der Waals surface area contributed by atoms with Gasteiger partial charge >= 0.3 is 19.4 Å². The Morgan fingerprint density at radius 1 is 1.50 bits per heavy atom. The number of ether oxygens (including phenoxy) is 1. The van der Waals surface area contributed by atoms with Crippen molar-refractivity contribution in [3.8, 4) is 0 Å². The summed E-state index contributed by atoms with van der Waals surface area (Å²) >= 11 is 0. The highest BCUT2D eigenvalue weighted by Crippen LogP contribution is 2.42. The minimum absolute atomic E-state index is 0.128. The molecule has 0 saturated carbocycles. The summed E-state index contributed by atoms with van der Waals surface area (Å²) in [5.41, 5.74) is -1.15. The minimum Gasteiger partial charge on any atom is -0.339 e. The molecule has 0 saturated heterocycles. The zero-order valence-electron chi connectivity index (χ0n) is 9.15. The number of aromatic nitrogens is 2. The highest BCUT2D eigenvalue weighted by Gasteiger charge is 2.28. The Morgan fingerprint density at radius 3 is 2.72 bits per heavy atom. The number of hydrogen-bond donors (Lipinski definition) is 3. The average molecular weight is 282 g/mol. The number of alkyl halides is 1.